The van der Waals surface area contributed by atoms with E-state index in [1.807, 2.05) is 18.2 Å². The summed E-state index contributed by atoms with van der Waals surface area (Å²) in [5.74, 6) is 0.292. The number of amides is 1. The summed E-state index contributed by atoms with van der Waals surface area (Å²) in [5.41, 5.74) is 0.809. The highest BCUT2D eigenvalue weighted by Crippen LogP contribution is 2.36. The highest BCUT2D eigenvalue weighted by atomic mass is 16.2. The Morgan fingerprint density at radius 1 is 1.05 bits per heavy atom. The van der Waals surface area contributed by atoms with Gasteiger partial charge in [-0.25, -0.2) is 0 Å². The summed E-state index contributed by atoms with van der Waals surface area (Å²) in [4.78, 5) is 15.5. The molecule has 2 rings (SSSR count). The van der Waals surface area contributed by atoms with Gasteiger partial charge in [0.15, 0.2) is 0 Å². The van der Waals surface area contributed by atoms with Crippen LogP contribution in [-0.4, -0.2) is 36.0 Å². The summed E-state index contributed by atoms with van der Waals surface area (Å²) < 4.78 is 0. The van der Waals surface area contributed by atoms with Crippen LogP contribution in [0.5, 0.6) is 0 Å². The first-order valence-corrected chi connectivity index (χ1v) is 8.08. The highest BCUT2D eigenvalue weighted by molar-refractivity contribution is 5.89. The molecule has 116 valence electrons. The predicted molar refractivity (Wildman–Crippen MR) is 87.3 cm³/mol. The van der Waals surface area contributed by atoms with E-state index in [9.17, 15) is 4.79 Å². The molecule has 3 nitrogen and oxygen atoms in total. The minimum Gasteiger partial charge on any atom is -0.337 e. The molecule has 0 aromatic heterocycles. The Balaban J connectivity index is 2.43. The van der Waals surface area contributed by atoms with Crippen LogP contribution in [0.3, 0.4) is 0 Å². The molecule has 1 aliphatic rings. The second-order valence-corrected chi connectivity index (χ2v) is 6.60. The van der Waals surface area contributed by atoms with Crippen molar-refractivity contribution in [1.29, 1.82) is 0 Å². The van der Waals surface area contributed by atoms with Crippen molar-refractivity contribution in [2.75, 3.05) is 13.1 Å². The van der Waals surface area contributed by atoms with E-state index in [2.05, 4.69) is 50.0 Å². The third-order valence-electron chi connectivity index (χ3n) is 4.54. The van der Waals surface area contributed by atoms with Crippen LogP contribution >= 0.6 is 0 Å². The number of hydrogen-bond acceptors (Lipinski definition) is 2. The normalized spacial score (nSPS) is 18.0. The van der Waals surface area contributed by atoms with Gasteiger partial charge in [0.25, 0.3) is 0 Å². The molecule has 21 heavy (non-hydrogen) atoms. The monoisotopic (exact) mass is 288 g/mol. The summed E-state index contributed by atoms with van der Waals surface area (Å²) >= 11 is 0. The summed E-state index contributed by atoms with van der Waals surface area (Å²) in [6.07, 6.45) is 1.76. The number of carbonyl (C=O) groups is 1. The van der Waals surface area contributed by atoms with Crippen LogP contribution in [0.25, 0.3) is 0 Å². The topological polar surface area (TPSA) is 32.3 Å². The average Bonchev–Trinajstić information content (AvgIpc) is 2.48. The van der Waals surface area contributed by atoms with Gasteiger partial charge in [0, 0.05) is 12.1 Å². The van der Waals surface area contributed by atoms with Gasteiger partial charge in [-0.05, 0) is 59.2 Å². The number of rotatable bonds is 4. The maximum atomic E-state index is 13.4. The van der Waals surface area contributed by atoms with Crippen molar-refractivity contribution in [1.82, 2.24) is 10.2 Å². The molecule has 0 radical (unpaired) electrons. The van der Waals surface area contributed by atoms with Gasteiger partial charge < -0.3 is 10.2 Å². The molecule has 1 aliphatic heterocycles. The molecule has 0 unspecified atom stereocenters. The highest BCUT2D eigenvalue weighted by Gasteiger charge is 2.44. The van der Waals surface area contributed by atoms with E-state index in [1.165, 1.54) is 5.56 Å². The quantitative estimate of drug-likeness (QED) is 0.924. The molecule has 0 atom stereocenters. The molecule has 3 heteroatoms. The van der Waals surface area contributed by atoms with Gasteiger partial charge in [0.1, 0.15) is 0 Å². The predicted octanol–water partition coefficient (Wildman–Crippen LogP) is 2.95. The second-order valence-electron chi connectivity index (χ2n) is 6.60. The lowest BCUT2D eigenvalue weighted by atomic mass is 9.71. The summed E-state index contributed by atoms with van der Waals surface area (Å²) in [7, 11) is 0. The van der Waals surface area contributed by atoms with Crippen LogP contribution in [0.15, 0.2) is 30.3 Å². The Labute approximate surface area is 128 Å². The molecule has 1 fully saturated rings. The van der Waals surface area contributed by atoms with E-state index in [-0.39, 0.29) is 17.5 Å². The molecule has 1 heterocycles. The first-order chi connectivity index (χ1) is 9.99. The smallest absolute Gasteiger partial charge is 0.233 e. The summed E-state index contributed by atoms with van der Waals surface area (Å²) in [6, 6.07) is 10.8. The van der Waals surface area contributed by atoms with E-state index in [1.54, 1.807) is 0 Å². The summed E-state index contributed by atoms with van der Waals surface area (Å²) in [6.45, 7) is 10.3. The van der Waals surface area contributed by atoms with Gasteiger partial charge >= 0.3 is 0 Å². The molecule has 1 aromatic rings. The fourth-order valence-corrected chi connectivity index (χ4v) is 3.55. The minimum absolute atomic E-state index is 0.230. The Hall–Kier alpha value is -1.35. The molecule has 0 saturated carbocycles. The first kappa shape index (κ1) is 16.0. The maximum Gasteiger partial charge on any atom is 0.233 e. The lowest BCUT2D eigenvalue weighted by molar-refractivity contribution is -0.142. The third-order valence-corrected chi connectivity index (χ3v) is 4.54. The molecule has 0 aliphatic carbocycles. The van der Waals surface area contributed by atoms with Crippen molar-refractivity contribution in [3.63, 3.8) is 0 Å². The zero-order valence-corrected chi connectivity index (χ0v) is 13.7. The zero-order chi connectivity index (χ0) is 15.5. The number of hydrogen-bond donors (Lipinski definition) is 1. The third kappa shape index (κ3) is 3.13. The second kappa shape index (κ2) is 6.61. The van der Waals surface area contributed by atoms with E-state index < -0.39 is 0 Å². The largest absolute Gasteiger partial charge is 0.337 e. The van der Waals surface area contributed by atoms with Crippen LogP contribution < -0.4 is 5.32 Å². The Morgan fingerprint density at radius 3 is 2.05 bits per heavy atom. The minimum atomic E-state index is -0.360. The molecular formula is C18H28N2O. The molecule has 1 amide bonds. The van der Waals surface area contributed by atoms with Crippen molar-refractivity contribution in [3.8, 4) is 0 Å². The SMILES string of the molecule is CC(C)N(C(=O)C1(c2ccccc2)CCNCC1)C(C)C. The van der Waals surface area contributed by atoms with Gasteiger partial charge in [-0.3, -0.25) is 4.79 Å². The number of benzene rings is 1. The van der Waals surface area contributed by atoms with Crippen molar-refractivity contribution in [2.45, 2.75) is 58.0 Å². The Bertz CT molecular complexity index is 453. The van der Waals surface area contributed by atoms with Gasteiger partial charge in [-0.1, -0.05) is 30.3 Å². The number of nitrogens with one attached hydrogen (secondary N) is 1. The number of nitrogens with zero attached hydrogens (tertiary/aromatic N) is 1. The van der Waals surface area contributed by atoms with Crippen LogP contribution in [0.1, 0.15) is 46.1 Å². The average molecular weight is 288 g/mol. The molecule has 0 spiro atoms. The molecule has 1 N–H and O–H groups in total. The number of piperidine rings is 1. The number of carbonyl (C=O) groups excluding carboxylic acids is 1. The zero-order valence-electron chi connectivity index (χ0n) is 13.7. The van der Waals surface area contributed by atoms with E-state index in [0.29, 0.717) is 5.91 Å². The van der Waals surface area contributed by atoms with Gasteiger partial charge in [0.2, 0.25) is 5.91 Å². The van der Waals surface area contributed by atoms with Crippen molar-refractivity contribution < 1.29 is 4.79 Å². The van der Waals surface area contributed by atoms with Crippen LogP contribution in [0.2, 0.25) is 0 Å². The summed E-state index contributed by atoms with van der Waals surface area (Å²) in [5, 5.41) is 3.39. The van der Waals surface area contributed by atoms with Crippen molar-refractivity contribution >= 4 is 5.91 Å². The molecule has 0 bridgehead atoms. The first-order valence-electron chi connectivity index (χ1n) is 8.08. The van der Waals surface area contributed by atoms with E-state index >= 15 is 0 Å². The Morgan fingerprint density at radius 2 is 1.57 bits per heavy atom. The molecular weight excluding hydrogens is 260 g/mol. The fraction of sp³-hybridized carbons (Fsp3) is 0.611. The van der Waals surface area contributed by atoms with Gasteiger partial charge in [-0.15, -0.1) is 0 Å². The van der Waals surface area contributed by atoms with Crippen LogP contribution in [0, 0.1) is 0 Å². The Kier molecular flexibility index (Phi) is 5.04. The fourth-order valence-electron chi connectivity index (χ4n) is 3.55. The van der Waals surface area contributed by atoms with Crippen LogP contribution in [-0.2, 0) is 10.2 Å². The maximum absolute atomic E-state index is 13.4. The van der Waals surface area contributed by atoms with E-state index in [0.717, 1.165) is 25.9 Å². The van der Waals surface area contributed by atoms with Gasteiger partial charge in [-0.2, -0.15) is 0 Å². The standard InChI is InChI=1S/C18H28N2O/c1-14(2)20(15(3)4)17(21)18(10-12-19-13-11-18)16-8-6-5-7-9-16/h5-9,14-15,19H,10-13H2,1-4H3. The van der Waals surface area contributed by atoms with E-state index in [4.69, 9.17) is 0 Å². The van der Waals surface area contributed by atoms with Crippen LogP contribution in [0.4, 0.5) is 0 Å². The molecule has 1 aromatic carbocycles. The molecule has 1 saturated heterocycles. The lowest BCUT2D eigenvalue weighted by Crippen LogP contribution is -2.55. The lowest BCUT2D eigenvalue weighted by Gasteiger charge is -2.43. The van der Waals surface area contributed by atoms with Crippen molar-refractivity contribution in [3.05, 3.63) is 35.9 Å². The van der Waals surface area contributed by atoms with Gasteiger partial charge in [0.05, 0.1) is 5.41 Å². The van der Waals surface area contributed by atoms with Crippen molar-refractivity contribution in [2.24, 2.45) is 0 Å².